The third-order valence-corrected chi connectivity index (χ3v) is 8.55. The quantitative estimate of drug-likeness (QED) is 0.180. The first kappa shape index (κ1) is 33.1. The molecular formula is C39H45FN2O4. The molecule has 5 rings (SSSR count). The number of carbonyl (C=O) groups is 1. The van der Waals surface area contributed by atoms with Crippen molar-refractivity contribution in [3.63, 3.8) is 0 Å². The molecule has 0 amide bonds. The van der Waals surface area contributed by atoms with Gasteiger partial charge in [0.05, 0.1) is 17.9 Å². The van der Waals surface area contributed by atoms with Crippen LogP contribution in [0.15, 0.2) is 78.9 Å². The largest absolute Gasteiger partial charge is 0.493 e. The van der Waals surface area contributed by atoms with E-state index in [1.54, 1.807) is 12.1 Å². The Labute approximate surface area is 272 Å². The summed E-state index contributed by atoms with van der Waals surface area (Å²) in [4.78, 5) is 20.1. The van der Waals surface area contributed by atoms with Crippen LogP contribution in [0, 0.1) is 25.6 Å². The van der Waals surface area contributed by atoms with Crippen molar-refractivity contribution in [3.05, 3.63) is 113 Å². The summed E-state index contributed by atoms with van der Waals surface area (Å²) in [6.45, 7) is 11.6. The van der Waals surface area contributed by atoms with E-state index in [1.165, 1.54) is 17.7 Å². The number of rotatable bonds is 11. The number of halogens is 1. The first-order chi connectivity index (χ1) is 22.0. The molecule has 46 heavy (non-hydrogen) atoms. The first-order valence-electron chi connectivity index (χ1n) is 16.2. The highest BCUT2D eigenvalue weighted by Gasteiger charge is 2.35. The fourth-order valence-electron chi connectivity index (χ4n) is 6.38. The molecule has 0 unspecified atom stereocenters. The summed E-state index contributed by atoms with van der Waals surface area (Å²) in [6, 6.07) is 25.0. The van der Waals surface area contributed by atoms with Crippen LogP contribution in [0.5, 0.6) is 5.75 Å². The van der Waals surface area contributed by atoms with Crippen molar-refractivity contribution in [3.8, 4) is 16.9 Å². The third kappa shape index (κ3) is 8.32. The lowest BCUT2D eigenvalue weighted by atomic mass is 9.88. The lowest BCUT2D eigenvalue weighted by molar-refractivity contribution is -0.160. The van der Waals surface area contributed by atoms with Gasteiger partial charge in [-0.2, -0.15) is 0 Å². The molecule has 242 valence electrons. The smallest absolute Gasteiger partial charge is 0.337 e. The van der Waals surface area contributed by atoms with Gasteiger partial charge in [0.2, 0.25) is 0 Å². The number of piperidine rings is 1. The Morgan fingerprint density at radius 2 is 1.59 bits per heavy atom. The number of anilines is 1. The Morgan fingerprint density at radius 3 is 2.20 bits per heavy atom. The summed E-state index contributed by atoms with van der Waals surface area (Å²) < 4.78 is 25.5. The molecule has 0 spiro atoms. The van der Waals surface area contributed by atoms with Crippen molar-refractivity contribution in [2.75, 3.05) is 24.6 Å². The van der Waals surface area contributed by atoms with E-state index >= 15 is 0 Å². The van der Waals surface area contributed by atoms with E-state index in [-0.39, 0.29) is 5.82 Å². The summed E-state index contributed by atoms with van der Waals surface area (Å²) in [5, 5.41) is 10.5. The fourth-order valence-corrected chi connectivity index (χ4v) is 6.38. The van der Waals surface area contributed by atoms with Crippen LogP contribution in [0.4, 0.5) is 10.1 Å². The Morgan fingerprint density at radius 1 is 0.935 bits per heavy atom. The Bertz CT molecular complexity index is 1610. The number of carboxylic acid groups (broad SMARTS) is 1. The van der Waals surface area contributed by atoms with E-state index < -0.39 is 17.7 Å². The zero-order chi connectivity index (χ0) is 32.8. The predicted molar refractivity (Wildman–Crippen MR) is 181 cm³/mol. The number of ether oxygens (including phenoxy) is 2. The van der Waals surface area contributed by atoms with Crippen molar-refractivity contribution in [2.45, 2.75) is 72.0 Å². The molecule has 0 bridgehead atoms. The van der Waals surface area contributed by atoms with Gasteiger partial charge in [-0.05, 0) is 101 Å². The number of hydrogen-bond acceptors (Lipinski definition) is 5. The Kier molecular flexibility index (Phi) is 10.4. The molecule has 1 fully saturated rings. The Hall–Kier alpha value is -4.23. The van der Waals surface area contributed by atoms with Crippen LogP contribution < -0.4 is 9.64 Å². The molecule has 2 heterocycles. The highest BCUT2D eigenvalue weighted by Crippen LogP contribution is 2.44. The maximum absolute atomic E-state index is 13.3. The maximum atomic E-state index is 13.3. The van der Waals surface area contributed by atoms with Gasteiger partial charge in [-0.1, -0.05) is 54.6 Å². The molecule has 1 atom stereocenters. The standard InChI is InChI=1S/C39H45FN2O4/c1-26-34(31-13-17-33(18-14-31)45-24-21-28-11-15-32(40)16-12-28)36(35(27(2)41-26)37(38(43)44)46-39(3,4)5)42-22-19-30(20-23-42)25-29-9-7-6-8-10-29/h6-18,30,37H,19-25H2,1-5H3,(H,43,44)/t37-/m0/s1. The minimum atomic E-state index is -1.17. The van der Waals surface area contributed by atoms with Crippen molar-refractivity contribution >= 4 is 11.7 Å². The van der Waals surface area contributed by atoms with Gasteiger partial charge in [0.15, 0.2) is 6.10 Å². The summed E-state index contributed by atoms with van der Waals surface area (Å²) in [5.74, 6) is 0.00759. The number of benzene rings is 3. The number of aryl methyl sites for hydroxylation is 2. The van der Waals surface area contributed by atoms with E-state index in [9.17, 15) is 14.3 Å². The number of nitrogens with zero attached hydrogens (tertiary/aromatic N) is 2. The van der Waals surface area contributed by atoms with Gasteiger partial charge < -0.3 is 19.5 Å². The number of pyridine rings is 1. The third-order valence-electron chi connectivity index (χ3n) is 8.55. The minimum Gasteiger partial charge on any atom is -0.493 e. The van der Waals surface area contributed by atoms with E-state index in [0.717, 1.165) is 66.2 Å². The second-order valence-electron chi connectivity index (χ2n) is 13.2. The molecule has 3 aromatic carbocycles. The van der Waals surface area contributed by atoms with Crippen molar-refractivity contribution in [1.29, 1.82) is 0 Å². The number of aromatic nitrogens is 1. The van der Waals surface area contributed by atoms with E-state index in [2.05, 4.69) is 35.2 Å². The van der Waals surface area contributed by atoms with Gasteiger partial charge in [0.1, 0.15) is 11.6 Å². The monoisotopic (exact) mass is 624 g/mol. The zero-order valence-corrected chi connectivity index (χ0v) is 27.6. The van der Waals surface area contributed by atoms with Gasteiger partial charge in [0, 0.05) is 42.0 Å². The number of aliphatic carboxylic acids is 1. The molecule has 6 nitrogen and oxygen atoms in total. The van der Waals surface area contributed by atoms with Crippen LogP contribution in [-0.2, 0) is 22.4 Å². The minimum absolute atomic E-state index is 0.250. The highest BCUT2D eigenvalue weighted by molar-refractivity contribution is 5.88. The molecule has 1 aliphatic heterocycles. The first-order valence-corrected chi connectivity index (χ1v) is 16.2. The highest BCUT2D eigenvalue weighted by atomic mass is 19.1. The summed E-state index contributed by atoms with van der Waals surface area (Å²) >= 11 is 0. The lowest BCUT2D eigenvalue weighted by Crippen LogP contribution is -2.37. The second-order valence-corrected chi connectivity index (χ2v) is 13.2. The topological polar surface area (TPSA) is 71.9 Å². The van der Waals surface area contributed by atoms with Crippen LogP contribution in [0.1, 0.15) is 67.8 Å². The molecule has 1 aliphatic rings. The number of carboxylic acids is 1. The molecule has 4 aromatic rings. The van der Waals surface area contributed by atoms with Crippen molar-refractivity contribution < 1.29 is 23.8 Å². The normalized spacial score (nSPS) is 14.7. The molecule has 7 heteroatoms. The van der Waals surface area contributed by atoms with Gasteiger partial charge in [-0.3, -0.25) is 4.98 Å². The molecule has 1 aromatic heterocycles. The van der Waals surface area contributed by atoms with E-state index in [0.29, 0.717) is 30.2 Å². The Balaban J connectivity index is 1.46. The fraction of sp³-hybridized carbons (Fsp3) is 0.385. The van der Waals surface area contributed by atoms with Crippen molar-refractivity contribution in [1.82, 2.24) is 4.98 Å². The van der Waals surface area contributed by atoms with E-state index in [4.69, 9.17) is 14.5 Å². The molecule has 1 N–H and O–H groups in total. The summed E-state index contributed by atoms with van der Waals surface area (Å²) in [6.07, 6.45) is 2.55. The van der Waals surface area contributed by atoms with Crippen LogP contribution in [0.3, 0.4) is 0 Å². The average molecular weight is 625 g/mol. The van der Waals surface area contributed by atoms with Crippen LogP contribution in [0.2, 0.25) is 0 Å². The molecule has 0 radical (unpaired) electrons. The second kappa shape index (κ2) is 14.5. The summed E-state index contributed by atoms with van der Waals surface area (Å²) in [5.41, 5.74) is 6.56. The molecule has 0 saturated carbocycles. The average Bonchev–Trinajstić information content (AvgIpc) is 3.02. The molecule has 0 aliphatic carbocycles. The summed E-state index contributed by atoms with van der Waals surface area (Å²) in [7, 11) is 0. The van der Waals surface area contributed by atoms with Crippen LogP contribution in [-0.4, -0.2) is 41.4 Å². The van der Waals surface area contributed by atoms with Crippen LogP contribution in [0.25, 0.3) is 11.1 Å². The van der Waals surface area contributed by atoms with Crippen molar-refractivity contribution in [2.24, 2.45) is 5.92 Å². The number of hydrogen-bond donors (Lipinski definition) is 1. The predicted octanol–water partition coefficient (Wildman–Crippen LogP) is 8.53. The van der Waals surface area contributed by atoms with Gasteiger partial charge in [0.25, 0.3) is 0 Å². The van der Waals surface area contributed by atoms with Gasteiger partial charge in [-0.15, -0.1) is 0 Å². The maximum Gasteiger partial charge on any atom is 0.337 e. The van der Waals surface area contributed by atoms with Gasteiger partial charge >= 0.3 is 5.97 Å². The lowest BCUT2D eigenvalue weighted by Gasteiger charge is -2.38. The SMILES string of the molecule is Cc1nc(C)c([C@H](OC(C)(C)C)C(=O)O)c(N2CCC(Cc3ccccc3)CC2)c1-c1ccc(OCCc2ccc(F)cc2)cc1. The van der Waals surface area contributed by atoms with Gasteiger partial charge in [-0.25, -0.2) is 9.18 Å². The zero-order valence-electron chi connectivity index (χ0n) is 27.6. The van der Waals surface area contributed by atoms with E-state index in [1.807, 2.05) is 58.9 Å². The van der Waals surface area contributed by atoms with Crippen LogP contribution >= 0.6 is 0 Å². The molecular weight excluding hydrogens is 579 g/mol. The molecule has 1 saturated heterocycles.